The second-order valence-electron chi connectivity index (χ2n) is 8.31. The number of carbonyl (C=O) groups excluding carboxylic acids is 1. The first-order valence-corrected chi connectivity index (χ1v) is 11.2. The smallest absolute Gasteiger partial charge is 0.251 e. The van der Waals surface area contributed by atoms with Crippen molar-refractivity contribution in [3.8, 4) is 16.9 Å². The number of rotatable bonds is 5. The zero-order valence-corrected chi connectivity index (χ0v) is 19.6. The second kappa shape index (κ2) is 10.3. The molecule has 1 fully saturated rings. The van der Waals surface area contributed by atoms with Gasteiger partial charge in [0.15, 0.2) is 0 Å². The van der Waals surface area contributed by atoms with E-state index in [1.807, 2.05) is 57.3 Å². The third-order valence-corrected chi connectivity index (χ3v) is 5.31. The van der Waals surface area contributed by atoms with Crippen molar-refractivity contribution in [3.05, 3.63) is 83.6 Å². The van der Waals surface area contributed by atoms with Crippen molar-refractivity contribution in [1.82, 2.24) is 35.0 Å². The predicted octanol–water partition coefficient (Wildman–Crippen LogP) is 3.08. The van der Waals surface area contributed by atoms with Crippen molar-refractivity contribution in [1.29, 1.82) is 0 Å². The number of hydrogen-bond donors (Lipinski definition) is 2. The van der Waals surface area contributed by atoms with E-state index in [1.165, 1.54) is 6.33 Å². The first-order chi connectivity index (χ1) is 16.4. The van der Waals surface area contributed by atoms with Crippen LogP contribution < -0.4 is 11.1 Å². The number of aromatic nitrogens is 6. The van der Waals surface area contributed by atoms with Gasteiger partial charge in [0.1, 0.15) is 12.2 Å². The normalized spacial score (nSPS) is 12.6. The van der Waals surface area contributed by atoms with Crippen LogP contribution in [0.15, 0.2) is 55.2 Å². The third-order valence-electron chi connectivity index (χ3n) is 5.31. The van der Waals surface area contributed by atoms with E-state index in [0.29, 0.717) is 18.2 Å². The standard InChI is InChI=1S/C19H19N5O.C6H9N3/c1-12-3-6-18(20-10-12)14-7-15(19(25)23-16-4-5-16)9-17(8-14)24-13(2)21-11-22-24;1-5-3-9-6(2-7)4-8-5/h3,6-11,16H,4-5H2,1-2H3,(H,23,25);3-4H,2,7H2,1H3. The Kier molecular flexibility index (Phi) is 7.03. The molecule has 1 aliphatic carbocycles. The highest BCUT2D eigenvalue weighted by Gasteiger charge is 2.24. The molecule has 1 amide bonds. The fourth-order valence-electron chi connectivity index (χ4n) is 3.22. The van der Waals surface area contributed by atoms with Crippen molar-refractivity contribution in [2.75, 3.05) is 0 Å². The Morgan fingerprint density at radius 2 is 1.85 bits per heavy atom. The summed E-state index contributed by atoms with van der Waals surface area (Å²) in [6, 6.07) is 9.99. The van der Waals surface area contributed by atoms with Gasteiger partial charge in [-0.3, -0.25) is 19.7 Å². The van der Waals surface area contributed by atoms with Crippen LogP contribution in [0.2, 0.25) is 0 Å². The van der Waals surface area contributed by atoms with Crippen LogP contribution in [0.4, 0.5) is 0 Å². The Hall–Kier alpha value is -3.98. The number of benzene rings is 1. The van der Waals surface area contributed by atoms with Crippen molar-refractivity contribution in [3.63, 3.8) is 0 Å². The van der Waals surface area contributed by atoms with E-state index in [-0.39, 0.29) is 5.91 Å². The molecule has 4 aromatic rings. The minimum absolute atomic E-state index is 0.0597. The summed E-state index contributed by atoms with van der Waals surface area (Å²) in [4.78, 5) is 29.2. The summed E-state index contributed by atoms with van der Waals surface area (Å²) in [5.41, 5.74) is 11.3. The highest BCUT2D eigenvalue weighted by molar-refractivity contribution is 5.96. The SMILES string of the molecule is Cc1ccc(-c2cc(C(=O)NC3CC3)cc(-n3ncnc3C)c2)nc1.Cc1cnc(CN)cn1. The summed E-state index contributed by atoms with van der Waals surface area (Å²) in [5, 5.41) is 7.30. The van der Waals surface area contributed by atoms with Gasteiger partial charge in [-0.25, -0.2) is 9.67 Å². The molecule has 0 spiro atoms. The summed E-state index contributed by atoms with van der Waals surface area (Å²) in [6.45, 7) is 6.24. The Morgan fingerprint density at radius 3 is 2.44 bits per heavy atom. The lowest BCUT2D eigenvalue weighted by Crippen LogP contribution is -2.25. The Morgan fingerprint density at radius 1 is 1.03 bits per heavy atom. The number of carbonyl (C=O) groups is 1. The number of nitrogens with one attached hydrogen (secondary N) is 1. The summed E-state index contributed by atoms with van der Waals surface area (Å²) in [6.07, 6.45) is 8.85. The van der Waals surface area contributed by atoms with Gasteiger partial charge >= 0.3 is 0 Å². The Balaban J connectivity index is 0.000000257. The van der Waals surface area contributed by atoms with E-state index in [2.05, 4.69) is 30.4 Å². The molecule has 0 radical (unpaired) electrons. The van der Waals surface area contributed by atoms with Gasteiger partial charge in [-0.05, 0) is 63.4 Å². The first kappa shape index (κ1) is 23.2. The largest absolute Gasteiger partial charge is 0.349 e. The topological polar surface area (TPSA) is 124 Å². The second-order valence-corrected chi connectivity index (χ2v) is 8.31. The predicted molar refractivity (Wildman–Crippen MR) is 129 cm³/mol. The third kappa shape index (κ3) is 5.87. The molecule has 3 heterocycles. The molecule has 0 atom stereocenters. The van der Waals surface area contributed by atoms with E-state index in [4.69, 9.17) is 5.73 Å². The lowest BCUT2D eigenvalue weighted by Gasteiger charge is -2.11. The van der Waals surface area contributed by atoms with Crippen molar-refractivity contribution in [2.45, 2.75) is 46.2 Å². The van der Waals surface area contributed by atoms with E-state index < -0.39 is 0 Å². The molecule has 3 aromatic heterocycles. The molecule has 0 unspecified atom stereocenters. The molecular formula is C25H28N8O. The Labute approximate surface area is 198 Å². The van der Waals surface area contributed by atoms with Gasteiger partial charge in [-0.1, -0.05) is 6.07 Å². The molecule has 1 saturated carbocycles. The summed E-state index contributed by atoms with van der Waals surface area (Å²) in [7, 11) is 0. The number of hydrogen-bond acceptors (Lipinski definition) is 7. The van der Waals surface area contributed by atoms with Crippen LogP contribution in [0.25, 0.3) is 16.9 Å². The molecule has 1 aromatic carbocycles. The van der Waals surface area contributed by atoms with Crippen LogP contribution in [-0.2, 0) is 6.54 Å². The minimum Gasteiger partial charge on any atom is -0.349 e. The monoisotopic (exact) mass is 456 g/mol. The quantitative estimate of drug-likeness (QED) is 0.473. The average molecular weight is 457 g/mol. The van der Waals surface area contributed by atoms with Crippen LogP contribution in [0.3, 0.4) is 0 Å². The van der Waals surface area contributed by atoms with Gasteiger partial charge in [0.05, 0.1) is 22.8 Å². The molecule has 0 aliphatic heterocycles. The number of aryl methyl sites for hydroxylation is 3. The summed E-state index contributed by atoms with van der Waals surface area (Å²) in [5.74, 6) is 0.707. The highest BCUT2D eigenvalue weighted by atomic mass is 16.1. The van der Waals surface area contributed by atoms with Gasteiger partial charge in [0.2, 0.25) is 0 Å². The maximum absolute atomic E-state index is 12.6. The van der Waals surface area contributed by atoms with Crippen molar-refractivity contribution < 1.29 is 4.79 Å². The molecule has 5 rings (SSSR count). The molecule has 3 N–H and O–H groups in total. The van der Waals surface area contributed by atoms with Crippen molar-refractivity contribution >= 4 is 5.91 Å². The number of amides is 1. The zero-order valence-electron chi connectivity index (χ0n) is 19.6. The average Bonchev–Trinajstić information content (AvgIpc) is 3.56. The number of nitrogens with zero attached hydrogens (tertiary/aromatic N) is 6. The van der Waals surface area contributed by atoms with E-state index in [1.54, 1.807) is 17.1 Å². The van der Waals surface area contributed by atoms with Crippen LogP contribution in [0.1, 0.15) is 46.0 Å². The van der Waals surface area contributed by atoms with E-state index >= 15 is 0 Å². The molecule has 34 heavy (non-hydrogen) atoms. The van der Waals surface area contributed by atoms with Gasteiger partial charge in [-0.2, -0.15) is 5.10 Å². The van der Waals surface area contributed by atoms with Gasteiger partial charge < -0.3 is 11.1 Å². The van der Waals surface area contributed by atoms with Crippen LogP contribution >= 0.6 is 0 Å². The fourth-order valence-corrected chi connectivity index (χ4v) is 3.22. The molecule has 0 saturated heterocycles. The molecule has 0 bridgehead atoms. The lowest BCUT2D eigenvalue weighted by atomic mass is 10.0. The van der Waals surface area contributed by atoms with Crippen LogP contribution in [-0.4, -0.2) is 41.7 Å². The summed E-state index contributed by atoms with van der Waals surface area (Å²) < 4.78 is 1.73. The fraction of sp³-hybridized carbons (Fsp3) is 0.280. The molecule has 174 valence electrons. The maximum atomic E-state index is 12.6. The van der Waals surface area contributed by atoms with Crippen LogP contribution in [0.5, 0.6) is 0 Å². The molecule has 1 aliphatic rings. The van der Waals surface area contributed by atoms with E-state index in [9.17, 15) is 4.79 Å². The van der Waals surface area contributed by atoms with Gasteiger partial charge in [0, 0.05) is 42.3 Å². The first-order valence-electron chi connectivity index (χ1n) is 11.2. The Bertz CT molecular complexity index is 1260. The van der Waals surface area contributed by atoms with Crippen molar-refractivity contribution in [2.24, 2.45) is 5.73 Å². The summed E-state index contributed by atoms with van der Waals surface area (Å²) >= 11 is 0. The molecular weight excluding hydrogens is 428 g/mol. The molecule has 9 nitrogen and oxygen atoms in total. The van der Waals surface area contributed by atoms with E-state index in [0.717, 1.165) is 52.6 Å². The number of nitrogens with two attached hydrogens (primary N) is 1. The zero-order chi connectivity index (χ0) is 24.1. The molecule has 9 heteroatoms. The highest BCUT2D eigenvalue weighted by Crippen LogP contribution is 2.25. The van der Waals surface area contributed by atoms with Gasteiger partial charge in [-0.15, -0.1) is 0 Å². The number of pyridine rings is 1. The minimum atomic E-state index is -0.0597. The van der Waals surface area contributed by atoms with Gasteiger partial charge in [0.25, 0.3) is 5.91 Å². The van der Waals surface area contributed by atoms with Crippen LogP contribution in [0, 0.1) is 20.8 Å². The maximum Gasteiger partial charge on any atom is 0.251 e. The lowest BCUT2D eigenvalue weighted by molar-refractivity contribution is 0.0951.